The first-order valence-electron chi connectivity index (χ1n) is 6.44. The minimum absolute atomic E-state index is 0. The zero-order valence-corrected chi connectivity index (χ0v) is 17.6. The fraction of sp³-hybridized carbons (Fsp3) is 0.846. The van der Waals surface area contributed by atoms with Gasteiger partial charge in [-0.1, -0.05) is 14.9 Å². The predicted octanol–water partition coefficient (Wildman–Crippen LogP) is -0.946. The molecular formula is C13H34As2N2O9. The number of aliphatic hydroxyl groups excluding tert-OH is 1. The molecule has 26 heavy (non-hydrogen) atoms. The van der Waals surface area contributed by atoms with Crippen LogP contribution in [0, 0.1) is 0 Å². The first-order chi connectivity index (χ1) is 10.7. The molecule has 13 heteroatoms. The molecule has 7 N–H and O–H groups in total. The maximum absolute atomic E-state index is 10.7. The minimum Gasteiger partial charge on any atom is -0.186 e. The van der Waals surface area contributed by atoms with Crippen LogP contribution in [-0.2, 0) is 26.7 Å². The Morgan fingerprint density at radius 3 is 1.35 bits per heavy atom. The molecular weight excluding hydrogens is 478 g/mol. The molecule has 0 spiro atoms. The van der Waals surface area contributed by atoms with E-state index in [-0.39, 0.29) is 46.2 Å². The molecule has 4 unspecified atom stereocenters. The van der Waals surface area contributed by atoms with Crippen LogP contribution in [-0.4, -0.2) is 70.7 Å². The summed E-state index contributed by atoms with van der Waals surface area (Å²) in [6.07, 6.45) is 1.37. The Hall–Kier alpha value is -0.723. The number of aliphatic hydroxyl groups is 1. The van der Waals surface area contributed by atoms with E-state index in [1.165, 1.54) is 11.4 Å². The van der Waals surface area contributed by atoms with E-state index in [1.54, 1.807) is 0 Å². The Morgan fingerprint density at radius 2 is 1.27 bits per heavy atom. The molecule has 0 aliphatic rings. The van der Waals surface area contributed by atoms with Crippen LogP contribution in [0.3, 0.4) is 0 Å². The Morgan fingerprint density at radius 1 is 0.962 bits per heavy atom. The van der Waals surface area contributed by atoms with Gasteiger partial charge in [0.15, 0.2) is 0 Å². The molecule has 0 aromatic carbocycles. The van der Waals surface area contributed by atoms with Crippen molar-refractivity contribution in [3.8, 4) is 0 Å². The van der Waals surface area contributed by atoms with Gasteiger partial charge in [0.25, 0.3) is 0 Å². The second kappa shape index (κ2) is 24.3. The molecule has 0 bridgehead atoms. The largest absolute Gasteiger partial charge is 0.373 e. The SMILES string of the molecule is C.C.CC(N)CC[As](C)(=O)O.C[As](=O)(O)C(O)CCN.O=C=O.O=C=O. The zero-order chi connectivity index (χ0) is 20.4. The van der Waals surface area contributed by atoms with E-state index in [9.17, 15) is 7.48 Å². The molecule has 4 atom stereocenters. The molecule has 0 fully saturated rings. The molecule has 0 aromatic heterocycles. The van der Waals surface area contributed by atoms with Crippen molar-refractivity contribution in [3.63, 3.8) is 0 Å². The summed E-state index contributed by atoms with van der Waals surface area (Å²) in [6.45, 7) is 2.09. The smallest absolute Gasteiger partial charge is 0.186 e. The fourth-order valence-corrected chi connectivity index (χ4v) is 4.01. The maximum Gasteiger partial charge on any atom is 0.373 e. The van der Waals surface area contributed by atoms with Crippen LogP contribution in [0.2, 0.25) is 16.6 Å². The van der Waals surface area contributed by atoms with Gasteiger partial charge in [-0.3, -0.25) is 0 Å². The molecule has 0 aromatic rings. The molecule has 11 nitrogen and oxygen atoms in total. The summed E-state index contributed by atoms with van der Waals surface area (Å²) >= 11 is -7.21. The van der Waals surface area contributed by atoms with Gasteiger partial charge in [0, 0.05) is 0 Å². The number of hydrogen-bond acceptors (Lipinski definition) is 9. The van der Waals surface area contributed by atoms with Crippen molar-refractivity contribution in [2.45, 2.75) is 62.2 Å². The van der Waals surface area contributed by atoms with Gasteiger partial charge in [0.05, 0.1) is 0 Å². The van der Waals surface area contributed by atoms with E-state index < -0.39 is 32.6 Å². The third kappa shape index (κ3) is 56.7. The average Bonchev–Trinajstić information content (AvgIpc) is 2.37. The van der Waals surface area contributed by atoms with Gasteiger partial charge in [-0.2, -0.15) is 19.2 Å². The topological polar surface area (TPSA) is 215 Å². The van der Waals surface area contributed by atoms with Gasteiger partial charge in [-0.15, -0.1) is 0 Å². The van der Waals surface area contributed by atoms with Crippen LogP contribution in [0.5, 0.6) is 0 Å². The molecule has 0 aliphatic heterocycles. The van der Waals surface area contributed by atoms with Crippen molar-refractivity contribution < 1.29 is 40.0 Å². The Kier molecular flexibility index (Phi) is 37.4. The van der Waals surface area contributed by atoms with Gasteiger partial charge in [0.1, 0.15) is 0 Å². The first kappa shape index (κ1) is 40.1. The summed E-state index contributed by atoms with van der Waals surface area (Å²) in [5.41, 5.74) is 13.0. The maximum atomic E-state index is 10.7. The van der Waals surface area contributed by atoms with Crippen molar-refractivity contribution >= 4 is 40.0 Å². The van der Waals surface area contributed by atoms with Crippen molar-refractivity contribution in [2.24, 2.45) is 11.5 Å². The Balaban J connectivity index is -0.0000000558. The standard InChI is InChI=1S/C5H14AsNO2.C4H12AsNO3.2CO2.2CH4/c1-5(7)3-4-6(2,8)9;1-5(8,9)4(7)2-3-6;2*2-1-3;;/h5H,3-4,7H2,1-2H3,(H,8,9);4,7H,2-3,6H2,1H3,(H,8,9);;;2*1H4. The number of hydrogen-bond donors (Lipinski definition) is 5. The van der Waals surface area contributed by atoms with Crippen molar-refractivity contribution in [1.82, 2.24) is 0 Å². The van der Waals surface area contributed by atoms with Gasteiger partial charge >= 0.3 is 126 Å². The molecule has 0 aliphatic carbocycles. The average molecular weight is 512 g/mol. The summed E-state index contributed by atoms with van der Waals surface area (Å²) in [7, 11) is 0. The van der Waals surface area contributed by atoms with E-state index in [2.05, 4.69) is 0 Å². The predicted molar refractivity (Wildman–Crippen MR) is 95.3 cm³/mol. The van der Waals surface area contributed by atoms with Crippen LogP contribution in [0.25, 0.3) is 0 Å². The van der Waals surface area contributed by atoms with Gasteiger partial charge in [-0.25, -0.2) is 0 Å². The fourth-order valence-electron chi connectivity index (χ4n) is 0.832. The second-order valence-corrected chi connectivity index (χ2v) is 15.3. The quantitative estimate of drug-likeness (QED) is 0.274. The summed E-state index contributed by atoms with van der Waals surface area (Å²) in [4.78, 5) is 31.4. The number of nitrogens with two attached hydrogens (primary N) is 2. The van der Waals surface area contributed by atoms with Crippen LogP contribution >= 0.6 is 0 Å². The molecule has 0 saturated heterocycles. The van der Waals surface area contributed by atoms with Crippen molar-refractivity contribution in [1.29, 1.82) is 0 Å². The number of carbonyl (C=O) groups excluding carboxylic acids is 4. The molecule has 0 rings (SSSR count). The molecule has 0 amide bonds. The first-order valence-corrected chi connectivity index (χ1v) is 15.8. The molecule has 0 heterocycles. The molecule has 0 saturated carbocycles. The van der Waals surface area contributed by atoms with E-state index in [0.717, 1.165) is 0 Å². The van der Waals surface area contributed by atoms with E-state index in [1.807, 2.05) is 6.92 Å². The van der Waals surface area contributed by atoms with Gasteiger partial charge in [0.2, 0.25) is 0 Å². The summed E-state index contributed by atoms with van der Waals surface area (Å²) in [6, 6.07) is 0.0480. The van der Waals surface area contributed by atoms with Crippen molar-refractivity contribution in [3.05, 3.63) is 0 Å². The molecule has 160 valence electrons. The normalized spacial score (nSPS) is 15.1. The summed E-state index contributed by atoms with van der Waals surface area (Å²) in [5.74, 6) is 0. The second-order valence-electron chi connectivity index (χ2n) is 4.71. The van der Waals surface area contributed by atoms with Crippen LogP contribution in [0.1, 0.15) is 34.6 Å². The minimum atomic E-state index is -3.86. The summed E-state index contributed by atoms with van der Waals surface area (Å²) < 4.78 is 38.9. The van der Waals surface area contributed by atoms with E-state index >= 15 is 0 Å². The van der Waals surface area contributed by atoms with Crippen LogP contribution in [0.4, 0.5) is 0 Å². The third-order valence-corrected chi connectivity index (χ3v) is 7.12. The van der Waals surface area contributed by atoms with Gasteiger partial charge in [-0.05, 0) is 0 Å². The molecule has 0 radical (unpaired) electrons. The van der Waals surface area contributed by atoms with Crippen LogP contribution in [0.15, 0.2) is 0 Å². The van der Waals surface area contributed by atoms with E-state index in [0.29, 0.717) is 11.6 Å². The Labute approximate surface area is 160 Å². The van der Waals surface area contributed by atoms with Crippen molar-refractivity contribution in [2.75, 3.05) is 6.54 Å². The number of rotatable bonds is 6. The van der Waals surface area contributed by atoms with Crippen LogP contribution < -0.4 is 11.5 Å². The van der Waals surface area contributed by atoms with Gasteiger partial charge < -0.3 is 0 Å². The Bertz CT molecular complexity index is 437. The zero-order valence-electron chi connectivity index (χ0n) is 13.8. The third-order valence-electron chi connectivity index (χ3n) is 1.98. The summed E-state index contributed by atoms with van der Waals surface area (Å²) in [5, 5.41) is 9.22. The van der Waals surface area contributed by atoms with E-state index in [4.69, 9.17) is 43.9 Å². The monoisotopic (exact) mass is 512 g/mol.